The Morgan fingerprint density at radius 3 is 2.41 bits per heavy atom. The van der Waals surface area contributed by atoms with Crippen LogP contribution in [0.25, 0.3) is 0 Å². The van der Waals surface area contributed by atoms with E-state index in [1.54, 1.807) is 12.1 Å². The van der Waals surface area contributed by atoms with Gasteiger partial charge in [0.1, 0.15) is 0 Å². The van der Waals surface area contributed by atoms with Crippen LogP contribution >= 0.6 is 0 Å². The molecule has 0 radical (unpaired) electrons. The Kier molecular flexibility index (Phi) is 6.98. The second kappa shape index (κ2) is 9.43. The van der Waals surface area contributed by atoms with Crippen LogP contribution in [0.1, 0.15) is 55.3 Å². The number of benzene rings is 1. The molecule has 1 aromatic rings. The van der Waals surface area contributed by atoms with E-state index < -0.39 is 10.0 Å². The number of carbonyl (C=O) groups excluding carboxylic acids is 1. The Bertz CT molecular complexity index is 776. The molecule has 27 heavy (non-hydrogen) atoms. The Balaban J connectivity index is 1.69. The van der Waals surface area contributed by atoms with Gasteiger partial charge < -0.3 is 4.74 Å². The zero-order valence-corrected chi connectivity index (χ0v) is 16.3. The van der Waals surface area contributed by atoms with E-state index in [1.807, 2.05) is 0 Å². The summed E-state index contributed by atoms with van der Waals surface area (Å²) in [7, 11) is -3.62. The maximum atomic E-state index is 12.7. The number of amides is 1. The van der Waals surface area contributed by atoms with Gasteiger partial charge in [0.2, 0.25) is 10.0 Å². The van der Waals surface area contributed by atoms with Crippen molar-refractivity contribution < 1.29 is 17.9 Å². The molecule has 0 aromatic heterocycles. The van der Waals surface area contributed by atoms with Gasteiger partial charge in [0.15, 0.2) is 0 Å². The van der Waals surface area contributed by atoms with Crippen LogP contribution in [0.2, 0.25) is 0 Å². The number of carbonyl (C=O) groups is 1. The van der Waals surface area contributed by atoms with Crippen molar-refractivity contribution in [1.82, 2.24) is 9.73 Å². The van der Waals surface area contributed by atoms with Crippen LogP contribution in [0.5, 0.6) is 0 Å². The van der Waals surface area contributed by atoms with Gasteiger partial charge in [-0.2, -0.15) is 9.41 Å². The minimum absolute atomic E-state index is 0.121. The van der Waals surface area contributed by atoms with Crippen molar-refractivity contribution >= 4 is 21.6 Å². The van der Waals surface area contributed by atoms with Crippen LogP contribution < -0.4 is 5.43 Å². The van der Waals surface area contributed by atoms with Gasteiger partial charge in [0.05, 0.1) is 18.1 Å². The standard InChI is InChI=1S/C19H27N3O4S/c23-19(21-20-17-8-4-2-1-3-5-9-17)16-7-6-10-18(15-16)27(24,25)22-11-13-26-14-12-22/h6-7,10,15H,1-5,8-9,11-14H2,(H,21,23). The molecule has 1 N–H and O–H groups in total. The van der Waals surface area contributed by atoms with Crippen LogP contribution in [0.4, 0.5) is 0 Å². The molecule has 148 valence electrons. The van der Waals surface area contributed by atoms with Crippen molar-refractivity contribution in [2.24, 2.45) is 5.10 Å². The molecule has 0 unspecified atom stereocenters. The maximum absolute atomic E-state index is 12.7. The van der Waals surface area contributed by atoms with E-state index in [-0.39, 0.29) is 10.8 Å². The highest BCUT2D eigenvalue weighted by atomic mass is 32.2. The van der Waals surface area contributed by atoms with Gasteiger partial charge >= 0.3 is 0 Å². The fourth-order valence-corrected chi connectivity index (χ4v) is 4.81. The van der Waals surface area contributed by atoms with E-state index in [2.05, 4.69) is 10.5 Å². The van der Waals surface area contributed by atoms with Gasteiger partial charge in [0, 0.05) is 24.4 Å². The largest absolute Gasteiger partial charge is 0.379 e. The summed E-state index contributed by atoms with van der Waals surface area (Å²) in [6.45, 7) is 1.42. The Hall–Kier alpha value is -1.77. The summed E-state index contributed by atoms with van der Waals surface area (Å²) < 4.78 is 32.1. The SMILES string of the molecule is O=C(NN=C1CCCCCCC1)c1cccc(S(=O)(=O)N2CCOCC2)c1. The first-order chi connectivity index (χ1) is 13.1. The van der Waals surface area contributed by atoms with Crippen molar-refractivity contribution in [1.29, 1.82) is 0 Å². The van der Waals surface area contributed by atoms with E-state index in [9.17, 15) is 13.2 Å². The zero-order valence-electron chi connectivity index (χ0n) is 15.5. The fraction of sp³-hybridized carbons (Fsp3) is 0.579. The molecule has 0 bridgehead atoms. The molecule has 1 heterocycles. The maximum Gasteiger partial charge on any atom is 0.271 e. The quantitative estimate of drug-likeness (QED) is 0.796. The van der Waals surface area contributed by atoms with Crippen molar-refractivity contribution in [2.45, 2.75) is 49.8 Å². The lowest BCUT2D eigenvalue weighted by Gasteiger charge is -2.26. The van der Waals surface area contributed by atoms with E-state index in [0.717, 1.165) is 31.4 Å². The molecular weight excluding hydrogens is 366 g/mol. The minimum Gasteiger partial charge on any atom is -0.379 e. The summed E-state index contributed by atoms with van der Waals surface area (Å²) in [6.07, 6.45) is 7.69. The average Bonchev–Trinajstić information content (AvgIpc) is 2.68. The normalized spacial score (nSPS) is 19.8. The number of hydrogen-bond donors (Lipinski definition) is 1. The topological polar surface area (TPSA) is 88.1 Å². The number of ether oxygens (including phenoxy) is 1. The summed E-state index contributed by atoms with van der Waals surface area (Å²) in [6, 6.07) is 6.12. The number of rotatable bonds is 4. The fourth-order valence-electron chi connectivity index (χ4n) is 3.35. The third-order valence-electron chi connectivity index (χ3n) is 4.95. The van der Waals surface area contributed by atoms with Crippen molar-refractivity contribution in [2.75, 3.05) is 26.3 Å². The number of hydrazone groups is 1. The van der Waals surface area contributed by atoms with Gasteiger partial charge in [0.25, 0.3) is 5.91 Å². The van der Waals surface area contributed by atoms with Gasteiger partial charge in [-0.3, -0.25) is 4.79 Å². The summed E-state index contributed by atoms with van der Waals surface area (Å²) in [5, 5.41) is 4.28. The molecule has 1 amide bonds. The van der Waals surface area contributed by atoms with E-state index >= 15 is 0 Å². The second-order valence-electron chi connectivity index (χ2n) is 6.93. The monoisotopic (exact) mass is 393 g/mol. The first-order valence-corrected chi connectivity index (χ1v) is 11.0. The molecule has 2 aliphatic rings. The molecule has 0 spiro atoms. The van der Waals surface area contributed by atoms with Gasteiger partial charge in [-0.25, -0.2) is 13.8 Å². The average molecular weight is 394 g/mol. The summed E-state index contributed by atoms with van der Waals surface area (Å²) in [5.41, 5.74) is 3.90. The predicted molar refractivity (Wildman–Crippen MR) is 103 cm³/mol. The third-order valence-corrected chi connectivity index (χ3v) is 6.84. The molecule has 1 aliphatic carbocycles. The molecule has 2 fully saturated rings. The first kappa shape index (κ1) is 20.0. The minimum atomic E-state index is -3.62. The van der Waals surface area contributed by atoms with Gasteiger partial charge in [-0.1, -0.05) is 25.3 Å². The van der Waals surface area contributed by atoms with Crippen molar-refractivity contribution in [3.05, 3.63) is 29.8 Å². The van der Waals surface area contributed by atoms with E-state index in [0.29, 0.717) is 31.9 Å². The molecule has 0 atom stereocenters. The van der Waals surface area contributed by atoms with E-state index in [4.69, 9.17) is 4.74 Å². The lowest BCUT2D eigenvalue weighted by Crippen LogP contribution is -2.40. The highest BCUT2D eigenvalue weighted by Crippen LogP contribution is 2.19. The molecule has 8 heteroatoms. The third kappa shape index (κ3) is 5.37. The molecule has 1 aromatic carbocycles. The second-order valence-corrected chi connectivity index (χ2v) is 8.87. The number of sulfonamides is 1. The smallest absolute Gasteiger partial charge is 0.271 e. The molecule has 3 rings (SSSR count). The van der Waals surface area contributed by atoms with Crippen molar-refractivity contribution in [3.63, 3.8) is 0 Å². The summed E-state index contributed by atoms with van der Waals surface area (Å²) in [5.74, 6) is -0.386. The van der Waals surface area contributed by atoms with Gasteiger partial charge in [-0.05, 0) is 43.9 Å². The summed E-state index contributed by atoms with van der Waals surface area (Å²) >= 11 is 0. The molecular formula is C19H27N3O4S. The first-order valence-electron chi connectivity index (χ1n) is 9.61. The van der Waals surface area contributed by atoms with Gasteiger partial charge in [-0.15, -0.1) is 0 Å². The van der Waals surface area contributed by atoms with Crippen LogP contribution in [0.3, 0.4) is 0 Å². The van der Waals surface area contributed by atoms with E-state index in [1.165, 1.54) is 35.7 Å². The Morgan fingerprint density at radius 1 is 1.04 bits per heavy atom. The molecule has 7 nitrogen and oxygen atoms in total. The lowest BCUT2D eigenvalue weighted by atomic mass is 9.99. The van der Waals surface area contributed by atoms with Crippen LogP contribution in [-0.2, 0) is 14.8 Å². The number of hydrogen-bond acceptors (Lipinski definition) is 5. The van der Waals surface area contributed by atoms with Crippen LogP contribution in [0.15, 0.2) is 34.3 Å². The van der Waals surface area contributed by atoms with Crippen molar-refractivity contribution in [3.8, 4) is 0 Å². The Morgan fingerprint density at radius 2 is 1.70 bits per heavy atom. The molecule has 1 saturated heterocycles. The number of nitrogens with zero attached hydrogens (tertiary/aromatic N) is 2. The predicted octanol–water partition coefficient (Wildman–Crippen LogP) is 2.54. The molecule has 1 saturated carbocycles. The number of morpholine rings is 1. The highest BCUT2D eigenvalue weighted by molar-refractivity contribution is 7.89. The van der Waals surface area contributed by atoms with Crippen LogP contribution in [0, 0.1) is 0 Å². The van der Waals surface area contributed by atoms with Crippen LogP contribution in [-0.4, -0.2) is 50.6 Å². The molecule has 1 aliphatic heterocycles. The highest BCUT2D eigenvalue weighted by Gasteiger charge is 2.26. The lowest BCUT2D eigenvalue weighted by molar-refractivity contribution is 0.0730. The number of nitrogens with one attached hydrogen (secondary N) is 1. The Labute approximate surface area is 160 Å². The zero-order chi connectivity index (χ0) is 19.1. The summed E-state index contributed by atoms with van der Waals surface area (Å²) in [4.78, 5) is 12.6.